The zero-order valence-electron chi connectivity index (χ0n) is 13.2. The SMILES string of the molecule is CCc1ccc(OCC(=O)N2CCn3cccc3C2C)cc1. The third-order valence-electron chi connectivity index (χ3n) is 4.36. The molecule has 4 nitrogen and oxygen atoms in total. The summed E-state index contributed by atoms with van der Waals surface area (Å²) in [4.78, 5) is 14.3. The highest BCUT2D eigenvalue weighted by molar-refractivity contribution is 5.78. The van der Waals surface area contributed by atoms with Crippen LogP contribution in [0.3, 0.4) is 0 Å². The van der Waals surface area contributed by atoms with Crippen LogP contribution >= 0.6 is 0 Å². The van der Waals surface area contributed by atoms with Crippen molar-refractivity contribution in [3.05, 3.63) is 53.9 Å². The van der Waals surface area contributed by atoms with Gasteiger partial charge in [0.15, 0.2) is 6.61 Å². The quantitative estimate of drug-likeness (QED) is 0.869. The van der Waals surface area contributed by atoms with Crippen LogP contribution in [0.1, 0.15) is 31.1 Å². The van der Waals surface area contributed by atoms with Gasteiger partial charge in [-0.15, -0.1) is 0 Å². The molecule has 0 aliphatic carbocycles. The van der Waals surface area contributed by atoms with Crippen LogP contribution in [0.25, 0.3) is 0 Å². The van der Waals surface area contributed by atoms with Crippen LogP contribution in [-0.4, -0.2) is 28.5 Å². The van der Waals surface area contributed by atoms with Gasteiger partial charge in [0.1, 0.15) is 5.75 Å². The number of carbonyl (C=O) groups is 1. The molecule has 1 atom stereocenters. The smallest absolute Gasteiger partial charge is 0.261 e. The first-order chi connectivity index (χ1) is 10.7. The Morgan fingerprint density at radius 3 is 2.73 bits per heavy atom. The minimum absolute atomic E-state index is 0.0412. The van der Waals surface area contributed by atoms with E-state index in [9.17, 15) is 4.79 Å². The summed E-state index contributed by atoms with van der Waals surface area (Å²) >= 11 is 0. The van der Waals surface area contributed by atoms with E-state index in [-0.39, 0.29) is 18.6 Å². The maximum absolute atomic E-state index is 12.4. The fourth-order valence-electron chi connectivity index (χ4n) is 2.97. The first kappa shape index (κ1) is 14.7. The van der Waals surface area contributed by atoms with Crippen molar-refractivity contribution >= 4 is 5.91 Å². The lowest BCUT2D eigenvalue weighted by Gasteiger charge is -2.34. The molecule has 0 saturated carbocycles. The highest BCUT2D eigenvalue weighted by atomic mass is 16.5. The Labute approximate surface area is 131 Å². The fourth-order valence-corrected chi connectivity index (χ4v) is 2.97. The number of carbonyl (C=O) groups excluding carboxylic acids is 1. The van der Waals surface area contributed by atoms with Crippen molar-refractivity contribution in [1.82, 2.24) is 9.47 Å². The van der Waals surface area contributed by atoms with E-state index in [0.717, 1.165) is 25.3 Å². The van der Waals surface area contributed by atoms with Gasteiger partial charge in [-0.3, -0.25) is 4.79 Å². The minimum atomic E-state index is 0.0412. The predicted octanol–water partition coefficient (Wildman–Crippen LogP) is 3.03. The van der Waals surface area contributed by atoms with E-state index >= 15 is 0 Å². The molecule has 0 spiro atoms. The van der Waals surface area contributed by atoms with E-state index in [2.05, 4.69) is 30.7 Å². The molecule has 2 aromatic rings. The van der Waals surface area contributed by atoms with E-state index in [1.807, 2.05) is 35.2 Å². The molecule has 0 saturated heterocycles. The van der Waals surface area contributed by atoms with Gasteiger partial charge in [-0.05, 0) is 43.2 Å². The number of rotatable bonds is 4. The van der Waals surface area contributed by atoms with Gasteiger partial charge in [-0.2, -0.15) is 0 Å². The number of fused-ring (bicyclic) bond motifs is 1. The molecule has 0 fully saturated rings. The van der Waals surface area contributed by atoms with Gasteiger partial charge in [-0.25, -0.2) is 0 Å². The average Bonchev–Trinajstić information content (AvgIpc) is 3.03. The molecule has 1 aromatic heterocycles. The molecule has 0 N–H and O–H groups in total. The van der Waals surface area contributed by atoms with Gasteiger partial charge in [0, 0.05) is 25.0 Å². The van der Waals surface area contributed by atoms with Crippen LogP contribution in [0.5, 0.6) is 5.75 Å². The van der Waals surface area contributed by atoms with Crippen LogP contribution in [0, 0.1) is 0 Å². The molecule has 0 bridgehead atoms. The van der Waals surface area contributed by atoms with Gasteiger partial charge in [0.05, 0.1) is 6.04 Å². The number of aromatic nitrogens is 1. The lowest BCUT2D eigenvalue weighted by Crippen LogP contribution is -2.42. The fraction of sp³-hybridized carbons (Fsp3) is 0.389. The normalized spacial score (nSPS) is 17.2. The van der Waals surface area contributed by atoms with Crippen molar-refractivity contribution in [3.63, 3.8) is 0 Å². The molecule has 1 aliphatic heterocycles. The summed E-state index contributed by atoms with van der Waals surface area (Å²) < 4.78 is 7.85. The molecule has 1 aliphatic rings. The summed E-state index contributed by atoms with van der Waals surface area (Å²) in [6, 6.07) is 12.1. The number of hydrogen-bond donors (Lipinski definition) is 0. The molecular weight excluding hydrogens is 276 g/mol. The maximum Gasteiger partial charge on any atom is 0.261 e. The number of hydrogen-bond acceptors (Lipinski definition) is 2. The van der Waals surface area contributed by atoms with E-state index < -0.39 is 0 Å². The second-order valence-corrected chi connectivity index (χ2v) is 5.68. The predicted molar refractivity (Wildman–Crippen MR) is 85.9 cm³/mol. The van der Waals surface area contributed by atoms with Crippen molar-refractivity contribution < 1.29 is 9.53 Å². The van der Waals surface area contributed by atoms with Crippen molar-refractivity contribution in [1.29, 1.82) is 0 Å². The summed E-state index contributed by atoms with van der Waals surface area (Å²) in [6.45, 7) is 5.87. The minimum Gasteiger partial charge on any atom is -0.484 e. The number of nitrogens with zero attached hydrogens (tertiary/aromatic N) is 2. The first-order valence-electron chi connectivity index (χ1n) is 7.85. The summed E-state index contributed by atoms with van der Waals surface area (Å²) in [5.41, 5.74) is 2.45. The summed E-state index contributed by atoms with van der Waals surface area (Å²) in [5.74, 6) is 0.790. The standard InChI is InChI=1S/C18H22N2O2/c1-3-15-6-8-16(9-7-15)22-13-18(21)20-12-11-19-10-4-5-17(19)14(20)2/h4-10,14H,3,11-13H2,1-2H3. The Balaban J connectivity index is 1.60. The average molecular weight is 298 g/mol. The van der Waals surface area contributed by atoms with Crippen LogP contribution < -0.4 is 4.74 Å². The van der Waals surface area contributed by atoms with Gasteiger partial charge in [0.2, 0.25) is 0 Å². The maximum atomic E-state index is 12.4. The number of ether oxygens (including phenoxy) is 1. The Morgan fingerprint density at radius 1 is 1.23 bits per heavy atom. The van der Waals surface area contributed by atoms with Gasteiger partial charge < -0.3 is 14.2 Å². The molecule has 116 valence electrons. The van der Waals surface area contributed by atoms with Gasteiger partial charge in [-0.1, -0.05) is 19.1 Å². The van der Waals surface area contributed by atoms with Gasteiger partial charge >= 0.3 is 0 Å². The molecule has 22 heavy (non-hydrogen) atoms. The molecule has 0 radical (unpaired) electrons. The van der Waals surface area contributed by atoms with Crippen LogP contribution in [0.2, 0.25) is 0 Å². The van der Waals surface area contributed by atoms with E-state index in [0.29, 0.717) is 0 Å². The molecule has 3 rings (SSSR count). The highest BCUT2D eigenvalue weighted by Crippen LogP contribution is 2.25. The summed E-state index contributed by atoms with van der Waals surface area (Å²) in [5, 5.41) is 0. The Kier molecular flexibility index (Phi) is 4.18. The topological polar surface area (TPSA) is 34.5 Å². The molecule has 1 unspecified atom stereocenters. The zero-order chi connectivity index (χ0) is 15.5. The molecule has 4 heteroatoms. The van der Waals surface area contributed by atoms with Crippen LogP contribution in [-0.2, 0) is 17.8 Å². The van der Waals surface area contributed by atoms with Crippen LogP contribution in [0.4, 0.5) is 0 Å². The van der Waals surface area contributed by atoms with E-state index in [1.165, 1.54) is 11.3 Å². The lowest BCUT2D eigenvalue weighted by atomic mass is 10.1. The van der Waals surface area contributed by atoms with Crippen molar-refractivity contribution in [3.8, 4) is 5.75 Å². The number of aryl methyl sites for hydroxylation is 1. The third kappa shape index (κ3) is 2.86. The van der Waals surface area contributed by atoms with Crippen LogP contribution in [0.15, 0.2) is 42.6 Å². The Bertz CT molecular complexity index is 645. The lowest BCUT2D eigenvalue weighted by molar-refractivity contribution is -0.136. The van der Waals surface area contributed by atoms with Crippen molar-refractivity contribution in [2.75, 3.05) is 13.2 Å². The second-order valence-electron chi connectivity index (χ2n) is 5.68. The molecule has 1 amide bonds. The zero-order valence-corrected chi connectivity index (χ0v) is 13.2. The van der Waals surface area contributed by atoms with Crippen molar-refractivity contribution in [2.45, 2.75) is 32.9 Å². The Morgan fingerprint density at radius 2 is 2.00 bits per heavy atom. The Hall–Kier alpha value is -2.23. The number of benzene rings is 1. The number of amides is 1. The highest BCUT2D eigenvalue weighted by Gasteiger charge is 2.27. The molecular formula is C18H22N2O2. The third-order valence-corrected chi connectivity index (χ3v) is 4.36. The van der Waals surface area contributed by atoms with Gasteiger partial charge in [0.25, 0.3) is 5.91 Å². The molecule has 2 heterocycles. The van der Waals surface area contributed by atoms with Crippen molar-refractivity contribution in [2.24, 2.45) is 0 Å². The largest absolute Gasteiger partial charge is 0.484 e. The molecule has 1 aromatic carbocycles. The second kappa shape index (κ2) is 6.26. The summed E-state index contributed by atoms with van der Waals surface area (Å²) in [7, 11) is 0. The summed E-state index contributed by atoms with van der Waals surface area (Å²) in [6.07, 6.45) is 3.07. The van der Waals surface area contributed by atoms with E-state index in [4.69, 9.17) is 4.74 Å². The van der Waals surface area contributed by atoms with E-state index in [1.54, 1.807) is 0 Å². The monoisotopic (exact) mass is 298 g/mol. The first-order valence-corrected chi connectivity index (χ1v) is 7.85.